The fourth-order valence-electron chi connectivity index (χ4n) is 3.13. The summed E-state index contributed by atoms with van der Waals surface area (Å²) in [7, 11) is 0. The van der Waals surface area contributed by atoms with Crippen molar-refractivity contribution in [3.8, 4) is 0 Å². The molecule has 2 aromatic rings. The molecule has 4 nitrogen and oxygen atoms in total. The minimum Gasteiger partial charge on any atom is -0.353 e. The second-order valence-corrected chi connectivity index (χ2v) is 7.43. The number of halogens is 2. The van der Waals surface area contributed by atoms with Gasteiger partial charge >= 0.3 is 0 Å². The Balaban J connectivity index is 1.34. The van der Waals surface area contributed by atoms with Gasteiger partial charge in [0.05, 0.1) is 5.69 Å². The van der Waals surface area contributed by atoms with Crippen LogP contribution >= 0.6 is 23.2 Å². The van der Waals surface area contributed by atoms with E-state index in [1.165, 1.54) is 12.8 Å². The predicted octanol–water partition coefficient (Wildman–Crippen LogP) is 3.98. The van der Waals surface area contributed by atoms with Crippen LogP contribution < -0.4 is 4.90 Å². The molecule has 0 amide bonds. The Hall–Kier alpha value is -1.36. The molecule has 1 saturated carbocycles. The molecular weight excluding hydrogens is 343 g/mol. The summed E-state index contributed by atoms with van der Waals surface area (Å²) in [6.07, 6.45) is 2.53. The molecule has 126 valence electrons. The summed E-state index contributed by atoms with van der Waals surface area (Å²) in [6.45, 7) is 4.76. The van der Waals surface area contributed by atoms with Crippen LogP contribution in [-0.4, -0.2) is 41.3 Å². The highest BCUT2D eigenvalue weighted by molar-refractivity contribution is 6.35. The van der Waals surface area contributed by atoms with Crippen molar-refractivity contribution in [2.45, 2.75) is 25.3 Å². The highest BCUT2D eigenvalue weighted by atomic mass is 35.5. The largest absolute Gasteiger partial charge is 0.353 e. The highest BCUT2D eigenvalue weighted by Crippen LogP contribution is 2.38. The zero-order chi connectivity index (χ0) is 16.5. The molecule has 1 aliphatic heterocycles. The lowest BCUT2D eigenvalue weighted by Crippen LogP contribution is -2.46. The Labute approximate surface area is 152 Å². The minimum absolute atomic E-state index is 0.660. The van der Waals surface area contributed by atoms with Gasteiger partial charge in [0.25, 0.3) is 0 Å². The van der Waals surface area contributed by atoms with E-state index in [1.807, 2.05) is 18.2 Å². The zero-order valence-corrected chi connectivity index (χ0v) is 15.0. The first kappa shape index (κ1) is 16.1. The van der Waals surface area contributed by atoms with Gasteiger partial charge in [-0.2, -0.15) is 5.10 Å². The van der Waals surface area contributed by atoms with E-state index < -0.39 is 0 Å². The first-order valence-corrected chi connectivity index (χ1v) is 9.19. The second kappa shape index (κ2) is 6.87. The van der Waals surface area contributed by atoms with Gasteiger partial charge in [0.1, 0.15) is 0 Å². The number of anilines is 1. The number of nitrogens with zero attached hydrogens (tertiary/aromatic N) is 4. The zero-order valence-electron chi connectivity index (χ0n) is 13.5. The number of hydrogen-bond donors (Lipinski definition) is 0. The molecule has 0 bridgehead atoms. The molecule has 2 fully saturated rings. The summed E-state index contributed by atoms with van der Waals surface area (Å²) in [5.74, 6) is 1.65. The molecule has 4 rings (SSSR count). The number of hydrogen-bond acceptors (Lipinski definition) is 4. The number of piperazine rings is 1. The highest BCUT2D eigenvalue weighted by Gasteiger charge is 2.26. The smallest absolute Gasteiger partial charge is 0.151 e. The maximum Gasteiger partial charge on any atom is 0.151 e. The van der Waals surface area contributed by atoms with E-state index in [0.717, 1.165) is 54.8 Å². The summed E-state index contributed by atoms with van der Waals surface area (Å²) in [4.78, 5) is 4.72. The van der Waals surface area contributed by atoms with Crippen LogP contribution in [0.1, 0.15) is 30.0 Å². The third kappa shape index (κ3) is 3.66. The topological polar surface area (TPSA) is 32.3 Å². The maximum absolute atomic E-state index is 6.28. The van der Waals surface area contributed by atoms with Crippen LogP contribution in [0, 0.1) is 0 Å². The second-order valence-electron chi connectivity index (χ2n) is 6.59. The Morgan fingerprint density at radius 1 is 0.958 bits per heavy atom. The van der Waals surface area contributed by atoms with Crippen LogP contribution in [0.4, 0.5) is 5.82 Å². The van der Waals surface area contributed by atoms with Gasteiger partial charge in [-0.25, -0.2) is 0 Å². The van der Waals surface area contributed by atoms with Crippen molar-refractivity contribution < 1.29 is 0 Å². The van der Waals surface area contributed by atoms with E-state index in [0.29, 0.717) is 10.9 Å². The van der Waals surface area contributed by atoms with Crippen LogP contribution in [0.15, 0.2) is 30.3 Å². The standard InChI is InChI=1S/C18H20Cl2N4/c19-15-4-3-14(16(20)11-15)12-23-7-9-24(10-8-23)18-6-5-17(21-22-18)13-1-2-13/h3-6,11,13H,1-2,7-10,12H2. The molecule has 0 atom stereocenters. The van der Waals surface area contributed by atoms with E-state index >= 15 is 0 Å². The van der Waals surface area contributed by atoms with Gasteiger partial charge in [-0.3, -0.25) is 4.90 Å². The van der Waals surface area contributed by atoms with E-state index in [-0.39, 0.29) is 0 Å². The lowest BCUT2D eigenvalue weighted by atomic mass is 10.2. The van der Waals surface area contributed by atoms with Gasteiger partial charge in [-0.05, 0) is 42.7 Å². The Morgan fingerprint density at radius 2 is 1.75 bits per heavy atom. The lowest BCUT2D eigenvalue weighted by molar-refractivity contribution is 0.249. The Kier molecular flexibility index (Phi) is 4.61. The summed E-state index contributed by atoms with van der Waals surface area (Å²) in [6, 6.07) is 9.98. The third-order valence-electron chi connectivity index (χ3n) is 4.77. The van der Waals surface area contributed by atoms with Crippen LogP contribution in [0.2, 0.25) is 10.0 Å². The van der Waals surface area contributed by atoms with E-state index in [1.54, 1.807) is 0 Å². The summed E-state index contributed by atoms with van der Waals surface area (Å²) < 4.78 is 0. The minimum atomic E-state index is 0.660. The molecule has 0 spiro atoms. The summed E-state index contributed by atoms with van der Waals surface area (Å²) in [5.41, 5.74) is 2.28. The lowest BCUT2D eigenvalue weighted by Gasteiger charge is -2.35. The Bertz CT molecular complexity index is 707. The van der Waals surface area contributed by atoms with Crippen molar-refractivity contribution in [2.75, 3.05) is 31.1 Å². The van der Waals surface area contributed by atoms with E-state index in [2.05, 4.69) is 32.1 Å². The Morgan fingerprint density at radius 3 is 2.38 bits per heavy atom. The molecule has 2 heterocycles. The van der Waals surface area contributed by atoms with Crippen molar-refractivity contribution >= 4 is 29.0 Å². The average Bonchev–Trinajstić information content (AvgIpc) is 3.43. The first-order chi connectivity index (χ1) is 11.7. The van der Waals surface area contributed by atoms with Crippen LogP contribution in [0.5, 0.6) is 0 Å². The van der Waals surface area contributed by atoms with Crippen LogP contribution in [0.3, 0.4) is 0 Å². The molecule has 1 aromatic heterocycles. The van der Waals surface area contributed by atoms with Gasteiger partial charge in [0.2, 0.25) is 0 Å². The van der Waals surface area contributed by atoms with E-state index in [4.69, 9.17) is 23.2 Å². The molecule has 6 heteroatoms. The van der Waals surface area contributed by atoms with Crippen molar-refractivity contribution in [2.24, 2.45) is 0 Å². The van der Waals surface area contributed by atoms with Crippen LogP contribution in [0.25, 0.3) is 0 Å². The average molecular weight is 363 g/mol. The third-order valence-corrected chi connectivity index (χ3v) is 5.36. The first-order valence-electron chi connectivity index (χ1n) is 8.44. The van der Waals surface area contributed by atoms with Crippen molar-refractivity contribution in [3.63, 3.8) is 0 Å². The fraction of sp³-hybridized carbons (Fsp3) is 0.444. The van der Waals surface area contributed by atoms with Gasteiger partial charge in [-0.15, -0.1) is 5.10 Å². The van der Waals surface area contributed by atoms with Gasteiger partial charge in [-0.1, -0.05) is 29.3 Å². The van der Waals surface area contributed by atoms with Gasteiger partial charge in [0.15, 0.2) is 5.82 Å². The molecule has 1 saturated heterocycles. The van der Waals surface area contributed by atoms with Gasteiger partial charge in [0, 0.05) is 48.7 Å². The summed E-state index contributed by atoms with van der Waals surface area (Å²) >= 11 is 12.2. The molecule has 0 unspecified atom stereocenters. The molecule has 2 aliphatic rings. The SMILES string of the molecule is Clc1ccc(CN2CCN(c3ccc(C4CC4)nn3)CC2)c(Cl)c1. The molecule has 0 N–H and O–H groups in total. The molecule has 0 radical (unpaired) electrons. The summed E-state index contributed by atoms with van der Waals surface area (Å²) in [5, 5.41) is 10.2. The van der Waals surface area contributed by atoms with E-state index in [9.17, 15) is 0 Å². The normalized spacial score (nSPS) is 18.8. The van der Waals surface area contributed by atoms with Crippen LogP contribution in [-0.2, 0) is 6.54 Å². The predicted molar refractivity (Wildman–Crippen MR) is 98.0 cm³/mol. The fourth-order valence-corrected chi connectivity index (χ4v) is 3.60. The number of benzene rings is 1. The molecular formula is C18H20Cl2N4. The van der Waals surface area contributed by atoms with Crippen molar-refractivity contribution in [1.82, 2.24) is 15.1 Å². The maximum atomic E-state index is 6.28. The molecule has 24 heavy (non-hydrogen) atoms. The van der Waals surface area contributed by atoms with Crippen molar-refractivity contribution in [1.29, 1.82) is 0 Å². The number of aromatic nitrogens is 2. The molecule has 1 aromatic carbocycles. The number of rotatable bonds is 4. The quantitative estimate of drug-likeness (QED) is 0.823. The molecule has 1 aliphatic carbocycles. The van der Waals surface area contributed by atoms with Crippen molar-refractivity contribution in [3.05, 3.63) is 51.6 Å². The van der Waals surface area contributed by atoms with Gasteiger partial charge < -0.3 is 4.90 Å². The monoisotopic (exact) mass is 362 g/mol.